The second kappa shape index (κ2) is 20.1. The molecule has 0 fully saturated rings. The van der Waals surface area contributed by atoms with Crippen LogP contribution < -0.4 is 4.74 Å². The van der Waals surface area contributed by atoms with E-state index in [1.807, 2.05) is 0 Å². The molecule has 0 bridgehead atoms. The van der Waals surface area contributed by atoms with Crippen LogP contribution in [0.25, 0.3) is 23.3 Å². The lowest BCUT2D eigenvalue weighted by Crippen LogP contribution is -2.25. The molecule has 0 radical (unpaired) electrons. The predicted molar refractivity (Wildman–Crippen MR) is 217 cm³/mol. The van der Waals surface area contributed by atoms with Crippen LogP contribution in [0.15, 0.2) is 48.5 Å². The number of hydrogen-bond acceptors (Lipinski definition) is 1. The molecule has 1 atom stereocenters. The Kier molecular flexibility index (Phi) is 16.0. The Bertz CT molecular complexity index is 1440. The molecular weight excluding hydrogens is 593 g/mol. The minimum atomic E-state index is 0.116. The molecule has 0 spiro atoms. The first-order valence-corrected chi connectivity index (χ1v) is 20.5. The van der Waals surface area contributed by atoms with Gasteiger partial charge in [-0.05, 0) is 96.5 Å². The van der Waals surface area contributed by atoms with E-state index in [1.165, 1.54) is 155 Å². The van der Waals surface area contributed by atoms with E-state index in [2.05, 4.69) is 109 Å². The van der Waals surface area contributed by atoms with Crippen LogP contribution in [-0.4, -0.2) is 6.61 Å². The van der Waals surface area contributed by atoms with Crippen LogP contribution in [0, 0.1) is 26.7 Å². The molecule has 3 aromatic carbocycles. The minimum Gasteiger partial charge on any atom is -0.493 e. The van der Waals surface area contributed by atoms with Gasteiger partial charge in [-0.2, -0.15) is 0 Å². The van der Waals surface area contributed by atoms with Gasteiger partial charge in [-0.25, -0.2) is 0 Å². The molecule has 0 saturated heterocycles. The minimum absolute atomic E-state index is 0.116. The lowest BCUT2D eigenvalue weighted by atomic mass is 9.70. The van der Waals surface area contributed by atoms with Gasteiger partial charge in [0.25, 0.3) is 0 Å². The quantitative estimate of drug-likeness (QED) is 0.0725. The van der Waals surface area contributed by atoms with Crippen molar-refractivity contribution in [3.63, 3.8) is 0 Å². The molecule has 1 heteroatoms. The Labute approximate surface area is 302 Å². The molecule has 0 aromatic heterocycles. The molecule has 0 heterocycles. The van der Waals surface area contributed by atoms with Crippen molar-refractivity contribution in [2.24, 2.45) is 5.92 Å². The summed E-state index contributed by atoms with van der Waals surface area (Å²) in [5, 5.41) is 0. The van der Waals surface area contributed by atoms with Crippen LogP contribution in [0.4, 0.5) is 0 Å². The molecule has 268 valence electrons. The molecular formula is C48H70O. The van der Waals surface area contributed by atoms with Crippen molar-refractivity contribution in [3.8, 4) is 16.9 Å². The zero-order chi connectivity index (χ0) is 35.1. The molecule has 1 nitrogen and oxygen atoms in total. The van der Waals surface area contributed by atoms with Gasteiger partial charge < -0.3 is 4.74 Å². The maximum atomic E-state index is 6.47. The molecule has 1 unspecified atom stereocenters. The first-order valence-electron chi connectivity index (χ1n) is 20.5. The van der Waals surface area contributed by atoms with E-state index >= 15 is 0 Å². The number of fused-ring (bicyclic) bond motifs is 3. The van der Waals surface area contributed by atoms with E-state index in [0.717, 1.165) is 12.4 Å². The van der Waals surface area contributed by atoms with E-state index < -0.39 is 0 Å². The second-order valence-electron chi connectivity index (χ2n) is 15.5. The van der Waals surface area contributed by atoms with Crippen LogP contribution >= 0.6 is 0 Å². The third-order valence-electron chi connectivity index (χ3n) is 11.5. The summed E-state index contributed by atoms with van der Waals surface area (Å²) in [4.78, 5) is 0. The average Bonchev–Trinajstić information content (AvgIpc) is 3.36. The van der Waals surface area contributed by atoms with Gasteiger partial charge in [0.15, 0.2) is 0 Å². The fourth-order valence-electron chi connectivity index (χ4n) is 8.28. The van der Waals surface area contributed by atoms with E-state index in [0.29, 0.717) is 5.92 Å². The Morgan fingerprint density at radius 3 is 1.82 bits per heavy atom. The van der Waals surface area contributed by atoms with E-state index in [-0.39, 0.29) is 5.41 Å². The van der Waals surface area contributed by atoms with Gasteiger partial charge in [-0.3, -0.25) is 0 Å². The molecule has 0 saturated carbocycles. The molecule has 0 amide bonds. The van der Waals surface area contributed by atoms with E-state index in [1.54, 1.807) is 11.1 Å². The van der Waals surface area contributed by atoms with Crippen LogP contribution in [0.3, 0.4) is 0 Å². The van der Waals surface area contributed by atoms with Gasteiger partial charge in [-0.15, -0.1) is 0 Å². The first-order chi connectivity index (χ1) is 23.9. The highest BCUT2D eigenvalue weighted by atomic mass is 16.5. The SMILES string of the molecule is CCCCCCCCC1(CCCCCCCC)c2cc(C)ccc2-c2ccc(/C=C/c3cc(OCC(CC)CCCC)c(C)cc3C)cc21. The van der Waals surface area contributed by atoms with Gasteiger partial charge in [0.1, 0.15) is 5.75 Å². The van der Waals surface area contributed by atoms with Crippen molar-refractivity contribution in [1.82, 2.24) is 0 Å². The summed E-state index contributed by atoms with van der Waals surface area (Å²) in [6, 6.07) is 19.2. The van der Waals surface area contributed by atoms with Crippen LogP contribution in [0.5, 0.6) is 5.75 Å². The van der Waals surface area contributed by atoms with E-state index in [9.17, 15) is 0 Å². The first kappa shape index (κ1) is 39.0. The summed E-state index contributed by atoms with van der Waals surface area (Å²) < 4.78 is 6.47. The van der Waals surface area contributed by atoms with Crippen LogP contribution in [-0.2, 0) is 5.41 Å². The Balaban J connectivity index is 1.63. The van der Waals surface area contributed by atoms with Crippen LogP contribution in [0.1, 0.15) is 182 Å². The molecule has 0 N–H and O–H groups in total. The Morgan fingerprint density at radius 2 is 1.18 bits per heavy atom. The van der Waals surface area contributed by atoms with Crippen molar-refractivity contribution in [3.05, 3.63) is 87.5 Å². The van der Waals surface area contributed by atoms with Crippen LogP contribution in [0.2, 0.25) is 0 Å². The van der Waals surface area contributed by atoms with Gasteiger partial charge in [0.2, 0.25) is 0 Å². The maximum Gasteiger partial charge on any atom is 0.122 e. The summed E-state index contributed by atoms with van der Waals surface area (Å²) in [5.74, 6) is 1.67. The second-order valence-corrected chi connectivity index (χ2v) is 15.5. The normalized spacial score (nSPS) is 13.9. The number of aryl methyl sites for hydroxylation is 3. The molecule has 3 aromatic rings. The average molecular weight is 663 g/mol. The molecule has 1 aliphatic carbocycles. The van der Waals surface area contributed by atoms with E-state index in [4.69, 9.17) is 4.74 Å². The molecule has 1 aliphatic rings. The number of rotatable bonds is 23. The van der Waals surface area contributed by atoms with Gasteiger partial charge in [0.05, 0.1) is 6.61 Å². The fourth-order valence-corrected chi connectivity index (χ4v) is 8.28. The molecule has 49 heavy (non-hydrogen) atoms. The zero-order valence-corrected chi connectivity index (χ0v) is 32.7. The smallest absolute Gasteiger partial charge is 0.122 e. The monoisotopic (exact) mass is 663 g/mol. The predicted octanol–water partition coefficient (Wildman–Crippen LogP) is 15.1. The molecule has 4 rings (SSSR count). The third-order valence-corrected chi connectivity index (χ3v) is 11.5. The molecule has 0 aliphatic heterocycles. The lowest BCUT2D eigenvalue weighted by Gasteiger charge is -2.33. The van der Waals surface area contributed by atoms with Crippen molar-refractivity contribution in [2.45, 2.75) is 169 Å². The van der Waals surface area contributed by atoms with Crippen molar-refractivity contribution >= 4 is 12.2 Å². The Hall–Kier alpha value is -2.80. The summed E-state index contributed by atoms with van der Waals surface area (Å²) in [7, 11) is 0. The van der Waals surface area contributed by atoms with Gasteiger partial charge in [-0.1, -0.05) is 184 Å². The highest BCUT2D eigenvalue weighted by Gasteiger charge is 2.42. The van der Waals surface area contributed by atoms with Crippen molar-refractivity contribution in [2.75, 3.05) is 6.61 Å². The third kappa shape index (κ3) is 10.6. The zero-order valence-electron chi connectivity index (χ0n) is 32.7. The largest absolute Gasteiger partial charge is 0.493 e. The van der Waals surface area contributed by atoms with Gasteiger partial charge in [0, 0.05) is 5.41 Å². The number of ether oxygens (including phenoxy) is 1. The Morgan fingerprint density at radius 1 is 0.592 bits per heavy atom. The summed E-state index contributed by atoms with van der Waals surface area (Å²) in [6.45, 7) is 16.7. The number of hydrogen-bond donors (Lipinski definition) is 0. The summed E-state index contributed by atoms with van der Waals surface area (Å²) in [6.07, 6.45) is 28.4. The van der Waals surface area contributed by atoms with Gasteiger partial charge >= 0.3 is 0 Å². The number of benzene rings is 3. The van der Waals surface area contributed by atoms with Crippen molar-refractivity contribution < 1.29 is 4.74 Å². The summed E-state index contributed by atoms with van der Waals surface area (Å²) >= 11 is 0. The lowest BCUT2D eigenvalue weighted by molar-refractivity contribution is 0.232. The highest BCUT2D eigenvalue weighted by molar-refractivity contribution is 5.83. The standard InChI is InChI=1S/C48H70O/c1-8-12-15-17-19-21-30-48(31-22-20-18-16-13-9-2)45-32-37(5)24-28-43(45)44-29-26-41(34-46(44)48)25-27-42-35-47(39(7)33-38(42)6)49-36-40(11-4)23-14-10-3/h24-29,32-35,40H,8-23,30-31,36H2,1-7H3/b27-25+. The number of unbranched alkanes of at least 4 members (excludes halogenated alkanes) is 11. The summed E-state index contributed by atoms with van der Waals surface area (Å²) in [5.41, 5.74) is 12.8. The topological polar surface area (TPSA) is 9.23 Å². The fraction of sp³-hybridized carbons (Fsp3) is 0.583. The maximum absolute atomic E-state index is 6.47. The highest BCUT2D eigenvalue weighted by Crippen LogP contribution is 2.54. The van der Waals surface area contributed by atoms with Crippen molar-refractivity contribution in [1.29, 1.82) is 0 Å².